The molecule has 44 heavy (non-hydrogen) atoms. The lowest BCUT2D eigenvalue weighted by atomic mass is 10.0. The molecule has 0 bridgehead atoms. The molecule has 0 aliphatic rings. The Morgan fingerprint density at radius 2 is 0.955 bits per heavy atom. The van der Waals surface area contributed by atoms with Gasteiger partial charge in [0.1, 0.15) is 6.10 Å². The van der Waals surface area contributed by atoms with E-state index in [2.05, 4.69) is 86.8 Å². The van der Waals surface area contributed by atoms with E-state index in [9.17, 15) is 9.59 Å². The standard InChI is InChI=1S/C40H66O4/c1-3-5-7-9-11-13-14-15-16-17-18-19-20-21-22-23-24-25-27-29-31-37-40(43)44-38(35-32-33-36-39(41)42)34-30-28-26-12-10-8-6-4-2/h5,7,11,13,15-16,18-19,21-22,24-25,38H,3-4,6,8-10,12,14,17,20,23,26-37H2,1-2H3,(H,41,42)/b7-5-,13-11-,16-15-,19-18-,22-21-,25-24-. The molecule has 0 rings (SSSR count). The molecule has 250 valence electrons. The van der Waals surface area contributed by atoms with Crippen LogP contribution in [0.5, 0.6) is 0 Å². The number of carbonyl (C=O) groups is 2. The summed E-state index contributed by atoms with van der Waals surface area (Å²) in [6.07, 6.45) is 49.1. The number of esters is 1. The zero-order valence-corrected chi connectivity index (χ0v) is 28.4. The van der Waals surface area contributed by atoms with E-state index in [4.69, 9.17) is 9.84 Å². The van der Waals surface area contributed by atoms with Gasteiger partial charge in [0.15, 0.2) is 0 Å². The normalized spacial score (nSPS) is 13.1. The van der Waals surface area contributed by atoms with Crippen LogP contribution in [0.25, 0.3) is 0 Å². The average molecular weight is 611 g/mol. The van der Waals surface area contributed by atoms with Crippen LogP contribution in [0.15, 0.2) is 72.9 Å². The number of hydrogen-bond acceptors (Lipinski definition) is 3. The molecule has 4 heteroatoms. The predicted molar refractivity (Wildman–Crippen MR) is 190 cm³/mol. The summed E-state index contributed by atoms with van der Waals surface area (Å²) in [6, 6.07) is 0. The van der Waals surface area contributed by atoms with E-state index in [1.165, 1.54) is 44.9 Å². The fraction of sp³-hybridized carbons (Fsp3) is 0.650. The van der Waals surface area contributed by atoms with Gasteiger partial charge < -0.3 is 9.84 Å². The molecule has 1 atom stereocenters. The van der Waals surface area contributed by atoms with Gasteiger partial charge in [0, 0.05) is 12.8 Å². The molecule has 4 nitrogen and oxygen atoms in total. The SMILES string of the molecule is CC/C=C\C/C=C\C/C=C\C/C=C\C/C=C\C/C=C\CCCCC(=O)OC(CCCCCCCCCC)CCCCC(=O)O. The topological polar surface area (TPSA) is 63.6 Å². The minimum atomic E-state index is -0.756. The first-order chi connectivity index (χ1) is 21.6. The van der Waals surface area contributed by atoms with Crippen LogP contribution < -0.4 is 0 Å². The van der Waals surface area contributed by atoms with E-state index < -0.39 is 5.97 Å². The lowest BCUT2D eigenvalue weighted by molar-refractivity contribution is -0.150. The van der Waals surface area contributed by atoms with Crippen molar-refractivity contribution in [1.29, 1.82) is 0 Å². The first-order valence-electron chi connectivity index (χ1n) is 17.9. The molecule has 0 aromatic heterocycles. The number of carboxylic acids is 1. The monoisotopic (exact) mass is 610 g/mol. The van der Waals surface area contributed by atoms with Crippen LogP contribution in [0, 0.1) is 0 Å². The highest BCUT2D eigenvalue weighted by atomic mass is 16.5. The van der Waals surface area contributed by atoms with Gasteiger partial charge in [0.05, 0.1) is 0 Å². The Labute approximate surface area is 271 Å². The second kappa shape index (κ2) is 34.9. The Hall–Kier alpha value is -2.62. The van der Waals surface area contributed by atoms with Crippen molar-refractivity contribution in [2.24, 2.45) is 0 Å². The lowest BCUT2D eigenvalue weighted by Gasteiger charge is -2.18. The third-order valence-electron chi connectivity index (χ3n) is 7.44. The molecule has 0 saturated heterocycles. The Kier molecular flexibility index (Phi) is 32.8. The molecular weight excluding hydrogens is 544 g/mol. The summed E-state index contributed by atoms with van der Waals surface area (Å²) >= 11 is 0. The fourth-order valence-corrected chi connectivity index (χ4v) is 4.83. The van der Waals surface area contributed by atoms with E-state index in [1.807, 2.05) is 0 Å². The zero-order chi connectivity index (χ0) is 32.2. The molecule has 0 fully saturated rings. The highest BCUT2D eigenvalue weighted by Crippen LogP contribution is 2.17. The Morgan fingerprint density at radius 3 is 1.45 bits per heavy atom. The van der Waals surface area contributed by atoms with Gasteiger partial charge in [-0.1, -0.05) is 132 Å². The molecule has 0 aliphatic heterocycles. The van der Waals surface area contributed by atoms with Gasteiger partial charge in [-0.2, -0.15) is 0 Å². The van der Waals surface area contributed by atoms with Crippen molar-refractivity contribution in [3.63, 3.8) is 0 Å². The summed E-state index contributed by atoms with van der Waals surface area (Å²) in [6.45, 7) is 4.40. The maximum absolute atomic E-state index is 12.5. The van der Waals surface area contributed by atoms with E-state index in [0.717, 1.165) is 83.5 Å². The minimum Gasteiger partial charge on any atom is -0.481 e. The highest BCUT2D eigenvalue weighted by molar-refractivity contribution is 5.69. The first kappa shape index (κ1) is 41.4. The van der Waals surface area contributed by atoms with Crippen molar-refractivity contribution in [3.8, 4) is 0 Å². The molecule has 1 N–H and O–H groups in total. The molecule has 0 saturated carbocycles. The predicted octanol–water partition coefficient (Wildman–Crippen LogP) is 12.3. The number of aliphatic carboxylic acids is 1. The number of carboxylic acid groups (broad SMARTS) is 1. The lowest BCUT2D eigenvalue weighted by Crippen LogP contribution is -2.18. The maximum Gasteiger partial charge on any atom is 0.306 e. The summed E-state index contributed by atoms with van der Waals surface area (Å²) in [4.78, 5) is 23.3. The smallest absolute Gasteiger partial charge is 0.306 e. The van der Waals surface area contributed by atoms with Crippen LogP contribution in [0.4, 0.5) is 0 Å². The van der Waals surface area contributed by atoms with E-state index in [1.54, 1.807) is 0 Å². The maximum atomic E-state index is 12.5. The van der Waals surface area contributed by atoms with E-state index in [0.29, 0.717) is 12.8 Å². The number of hydrogen-bond donors (Lipinski definition) is 1. The fourth-order valence-electron chi connectivity index (χ4n) is 4.83. The second-order valence-electron chi connectivity index (χ2n) is 11.7. The number of rotatable bonds is 31. The molecule has 0 amide bonds. The molecule has 0 aromatic carbocycles. The van der Waals surface area contributed by atoms with Crippen molar-refractivity contribution >= 4 is 11.9 Å². The van der Waals surface area contributed by atoms with Crippen LogP contribution in [-0.2, 0) is 14.3 Å². The van der Waals surface area contributed by atoms with Gasteiger partial charge in [0.25, 0.3) is 0 Å². The molecule has 0 aromatic rings. The number of ether oxygens (including phenoxy) is 1. The Bertz CT molecular complexity index is 830. The van der Waals surface area contributed by atoms with E-state index >= 15 is 0 Å². The highest BCUT2D eigenvalue weighted by Gasteiger charge is 2.14. The molecule has 0 spiro atoms. The summed E-state index contributed by atoms with van der Waals surface area (Å²) in [7, 11) is 0. The second-order valence-corrected chi connectivity index (χ2v) is 11.7. The largest absolute Gasteiger partial charge is 0.481 e. The van der Waals surface area contributed by atoms with Crippen molar-refractivity contribution in [2.45, 2.75) is 168 Å². The summed E-state index contributed by atoms with van der Waals surface area (Å²) in [5.41, 5.74) is 0. The quantitative estimate of drug-likeness (QED) is 0.0482. The van der Waals surface area contributed by atoms with Crippen molar-refractivity contribution in [3.05, 3.63) is 72.9 Å². The van der Waals surface area contributed by atoms with Crippen molar-refractivity contribution in [2.75, 3.05) is 0 Å². The number of unbranched alkanes of at least 4 members (excludes halogenated alkanes) is 10. The zero-order valence-electron chi connectivity index (χ0n) is 28.4. The van der Waals surface area contributed by atoms with Crippen molar-refractivity contribution < 1.29 is 19.4 Å². The summed E-state index contributed by atoms with van der Waals surface area (Å²) in [5.74, 6) is -0.857. The average Bonchev–Trinajstić information content (AvgIpc) is 3.01. The number of carbonyl (C=O) groups excluding carboxylic acids is 1. The molecule has 0 heterocycles. The third-order valence-corrected chi connectivity index (χ3v) is 7.44. The minimum absolute atomic E-state index is 0.0697. The van der Waals surface area contributed by atoms with Gasteiger partial charge in [-0.05, 0) is 89.9 Å². The van der Waals surface area contributed by atoms with Gasteiger partial charge in [-0.25, -0.2) is 0 Å². The molecule has 1 unspecified atom stereocenters. The number of allylic oxidation sites excluding steroid dienone is 12. The molecule has 0 radical (unpaired) electrons. The van der Waals surface area contributed by atoms with Crippen molar-refractivity contribution in [1.82, 2.24) is 0 Å². The first-order valence-corrected chi connectivity index (χ1v) is 17.9. The van der Waals surface area contributed by atoms with Gasteiger partial charge in [-0.3, -0.25) is 9.59 Å². The Morgan fingerprint density at radius 1 is 0.523 bits per heavy atom. The Balaban J connectivity index is 3.98. The molecule has 0 aliphatic carbocycles. The van der Waals surface area contributed by atoms with Crippen LogP contribution in [0.1, 0.15) is 162 Å². The summed E-state index contributed by atoms with van der Waals surface area (Å²) < 4.78 is 5.83. The summed E-state index contributed by atoms with van der Waals surface area (Å²) in [5, 5.41) is 8.90. The van der Waals surface area contributed by atoms with Gasteiger partial charge in [-0.15, -0.1) is 0 Å². The van der Waals surface area contributed by atoms with Crippen LogP contribution in [-0.4, -0.2) is 23.1 Å². The van der Waals surface area contributed by atoms with Crippen LogP contribution in [0.2, 0.25) is 0 Å². The van der Waals surface area contributed by atoms with E-state index in [-0.39, 0.29) is 18.5 Å². The third kappa shape index (κ3) is 33.9. The van der Waals surface area contributed by atoms with Crippen LogP contribution >= 0.6 is 0 Å². The van der Waals surface area contributed by atoms with Gasteiger partial charge >= 0.3 is 11.9 Å². The van der Waals surface area contributed by atoms with Crippen LogP contribution in [0.3, 0.4) is 0 Å². The molecular formula is C40H66O4. The van der Waals surface area contributed by atoms with Gasteiger partial charge in [0.2, 0.25) is 0 Å².